The lowest BCUT2D eigenvalue weighted by Gasteiger charge is -2.24. The van der Waals surface area contributed by atoms with Gasteiger partial charge in [-0.1, -0.05) is 13.0 Å². The number of ketones is 1. The highest BCUT2D eigenvalue weighted by Gasteiger charge is 2.60. The number of carbonyl (C=O) groups excluding carboxylic acids is 1. The van der Waals surface area contributed by atoms with Gasteiger partial charge in [0.2, 0.25) is 0 Å². The zero-order chi connectivity index (χ0) is 9.64. The van der Waals surface area contributed by atoms with Crippen LogP contribution in [0.3, 0.4) is 0 Å². The first-order chi connectivity index (χ1) is 6.10. The minimum absolute atomic E-state index is 0.177. The van der Waals surface area contributed by atoms with Crippen molar-refractivity contribution in [1.82, 2.24) is 0 Å². The fourth-order valence-electron chi connectivity index (χ4n) is 2.63. The molecule has 0 aliphatic heterocycles. The molecule has 0 aromatic carbocycles. The van der Waals surface area contributed by atoms with Crippen LogP contribution in [-0.4, -0.2) is 18.5 Å². The van der Waals surface area contributed by atoms with Crippen LogP contribution in [0.2, 0.25) is 0 Å². The summed E-state index contributed by atoms with van der Waals surface area (Å²) in [7, 11) is 1.72. The summed E-state index contributed by atoms with van der Waals surface area (Å²) >= 11 is 0. The van der Waals surface area contributed by atoms with E-state index in [0.717, 1.165) is 12.0 Å². The monoisotopic (exact) mass is 180 g/mol. The molecule has 2 heteroatoms. The molecule has 1 fully saturated rings. The van der Waals surface area contributed by atoms with Crippen LogP contribution < -0.4 is 0 Å². The molecule has 0 heterocycles. The lowest BCUT2D eigenvalue weighted by Crippen LogP contribution is -2.27. The molecule has 0 radical (unpaired) electrons. The Balaban J connectivity index is 2.33. The number of hydrogen-bond acceptors (Lipinski definition) is 2. The number of fused-ring (bicyclic) bond motifs is 1. The summed E-state index contributed by atoms with van der Waals surface area (Å²) in [5.74, 6) is 1.31. The maximum Gasteiger partial charge on any atom is 0.158 e. The topological polar surface area (TPSA) is 26.3 Å². The molecule has 3 atom stereocenters. The Bertz CT molecular complexity index is 280. The van der Waals surface area contributed by atoms with Crippen molar-refractivity contribution in [3.8, 4) is 0 Å². The number of hydrogen-bond donors (Lipinski definition) is 0. The molecule has 2 rings (SSSR count). The van der Waals surface area contributed by atoms with Crippen LogP contribution in [0.25, 0.3) is 0 Å². The van der Waals surface area contributed by atoms with E-state index < -0.39 is 0 Å². The Kier molecular flexibility index (Phi) is 1.84. The summed E-state index contributed by atoms with van der Waals surface area (Å²) in [5, 5.41) is 0. The molecule has 2 aliphatic rings. The number of ether oxygens (including phenoxy) is 1. The van der Waals surface area contributed by atoms with Crippen molar-refractivity contribution in [3.63, 3.8) is 0 Å². The molecule has 0 saturated heterocycles. The van der Waals surface area contributed by atoms with Crippen LogP contribution >= 0.6 is 0 Å². The SMILES string of the molecule is COC12CC1CC(C)C=C2C(C)=O. The van der Waals surface area contributed by atoms with E-state index in [1.54, 1.807) is 14.0 Å². The fourth-order valence-corrected chi connectivity index (χ4v) is 2.63. The first-order valence-corrected chi connectivity index (χ1v) is 4.88. The quantitative estimate of drug-likeness (QED) is 0.649. The van der Waals surface area contributed by atoms with Crippen molar-refractivity contribution in [3.05, 3.63) is 11.6 Å². The molecule has 72 valence electrons. The van der Waals surface area contributed by atoms with Gasteiger partial charge < -0.3 is 4.74 Å². The zero-order valence-corrected chi connectivity index (χ0v) is 8.46. The number of allylic oxidation sites excluding steroid dienone is 1. The van der Waals surface area contributed by atoms with Gasteiger partial charge in [0.15, 0.2) is 5.78 Å². The molecule has 13 heavy (non-hydrogen) atoms. The predicted molar refractivity (Wildman–Crippen MR) is 50.4 cm³/mol. The van der Waals surface area contributed by atoms with E-state index in [0.29, 0.717) is 11.8 Å². The average Bonchev–Trinajstić information content (AvgIpc) is 2.77. The van der Waals surface area contributed by atoms with Gasteiger partial charge in [0.25, 0.3) is 0 Å². The van der Waals surface area contributed by atoms with Gasteiger partial charge in [-0.15, -0.1) is 0 Å². The van der Waals surface area contributed by atoms with Crippen LogP contribution in [0, 0.1) is 11.8 Å². The minimum atomic E-state index is -0.182. The van der Waals surface area contributed by atoms with Crippen molar-refractivity contribution >= 4 is 5.78 Å². The maximum atomic E-state index is 11.4. The summed E-state index contributed by atoms with van der Waals surface area (Å²) in [4.78, 5) is 11.4. The number of methoxy groups -OCH3 is 1. The van der Waals surface area contributed by atoms with Crippen LogP contribution in [0.4, 0.5) is 0 Å². The molecule has 1 saturated carbocycles. The normalized spacial score (nSPS) is 42.2. The first-order valence-electron chi connectivity index (χ1n) is 4.88. The van der Waals surface area contributed by atoms with E-state index in [-0.39, 0.29) is 11.4 Å². The van der Waals surface area contributed by atoms with Gasteiger partial charge in [-0.3, -0.25) is 4.79 Å². The second kappa shape index (κ2) is 2.68. The Morgan fingerprint density at radius 3 is 2.92 bits per heavy atom. The highest BCUT2D eigenvalue weighted by molar-refractivity contribution is 5.96. The van der Waals surface area contributed by atoms with Crippen molar-refractivity contribution in [2.45, 2.75) is 32.3 Å². The molecule has 2 aliphatic carbocycles. The van der Waals surface area contributed by atoms with E-state index in [9.17, 15) is 4.79 Å². The summed E-state index contributed by atoms with van der Waals surface area (Å²) in [6.45, 7) is 3.81. The fraction of sp³-hybridized carbons (Fsp3) is 0.727. The number of rotatable bonds is 2. The predicted octanol–water partition coefficient (Wildman–Crippen LogP) is 1.95. The van der Waals surface area contributed by atoms with Crippen LogP contribution in [0.15, 0.2) is 11.6 Å². The number of carbonyl (C=O) groups is 1. The molecule has 2 nitrogen and oxygen atoms in total. The third-order valence-electron chi connectivity index (χ3n) is 3.36. The van der Waals surface area contributed by atoms with Gasteiger partial charge in [0.05, 0.1) is 5.60 Å². The van der Waals surface area contributed by atoms with Gasteiger partial charge in [0.1, 0.15) is 0 Å². The summed E-state index contributed by atoms with van der Waals surface area (Å²) in [6.07, 6.45) is 4.30. The smallest absolute Gasteiger partial charge is 0.158 e. The maximum absolute atomic E-state index is 11.4. The Morgan fingerprint density at radius 2 is 2.38 bits per heavy atom. The van der Waals surface area contributed by atoms with Gasteiger partial charge in [-0.05, 0) is 31.6 Å². The molecular formula is C11H16O2. The second-order valence-corrected chi connectivity index (χ2v) is 4.34. The third kappa shape index (κ3) is 1.16. The van der Waals surface area contributed by atoms with Crippen molar-refractivity contribution in [1.29, 1.82) is 0 Å². The van der Waals surface area contributed by atoms with Crippen molar-refractivity contribution in [2.75, 3.05) is 7.11 Å². The Hall–Kier alpha value is -0.630. The summed E-state index contributed by atoms with van der Waals surface area (Å²) < 4.78 is 5.49. The van der Waals surface area contributed by atoms with Crippen LogP contribution in [0.5, 0.6) is 0 Å². The summed E-state index contributed by atoms with van der Waals surface area (Å²) in [5.41, 5.74) is 0.733. The summed E-state index contributed by atoms with van der Waals surface area (Å²) in [6, 6.07) is 0. The van der Waals surface area contributed by atoms with E-state index in [1.807, 2.05) is 0 Å². The third-order valence-corrected chi connectivity index (χ3v) is 3.36. The van der Waals surface area contributed by atoms with E-state index >= 15 is 0 Å². The van der Waals surface area contributed by atoms with Gasteiger partial charge in [0, 0.05) is 12.7 Å². The first kappa shape index (κ1) is 8.95. The molecule has 3 unspecified atom stereocenters. The lowest BCUT2D eigenvalue weighted by molar-refractivity contribution is -0.115. The molecule has 0 amide bonds. The molecule has 0 aromatic rings. The Labute approximate surface area is 79.0 Å². The van der Waals surface area contributed by atoms with E-state index in [4.69, 9.17) is 4.74 Å². The molecular weight excluding hydrogens is 164 g/mol. The number of Topliss-reactive ketones (excluding diaryl/α,β-unsaturated/α-hetero) is 1. The molecule has 0 bridgehead atoms. The van der Waals surface area contributed by atoms with Crippen LogP contribution in [-0.2, 0) is 9.53 Å². The zero-order valence-electron chi connectivity index (χ0n) is 8.46. The van der Waals surface area contributed by atoms with Gasteiger partial charge in [-0.2, -0.15) is 0 Å². The molecule has 0 N–H and O–H groups in total. The Morgan fingerprint density at radius 1 is 1.69 bits per heavy atom. The van der Waals surface area contributed by atoms with E-state index in [2.05, 4.69) is 13.0 Å². The standard InChI is InChI=1S/C11H16O2/c1-7-4-9-6-11(9,13-3)10(5-7)8(2)12/h5,7,9H,4,6H2,1-3H3. The van der Waals surface area contributed by atoms with Crippen molar-refractivity contribution in [2.24, 2.45) is 11.8 Å². The largest absolute Gasteiger partial charge is 0.373 e. The average molecular weight is 180 g/mol. The van der Waals surface area contributed by atoms with E-state index in [1.165, 1.54) is 6.42 Å². The molecule has 0 spiro atoms. The molecule has 0 aromatic heterocycles. The van der Waals surface area contributed by atoms with Crippen LogP contribution in [0.1, 0.15) is 26.7 Å². The second-order valence-electron chi connectivity index (χ2n) is 4.34. The lowest BCUT2D eigenvalue weighted by atomic mass is 9.88. The van der Waals surface area contributed by atoms with Crippen molar-refractivity contribution < 1.29 is 9.53 Å². The minimum Gasteiger partial charge on any atom is -0.373 e. The van der Waals surface area contributed by atoms with Gasteiger partial charge >= 0.3 is 0 Å². The highest BCUT2D eigenvalue weighted by Crippen LogP contribution is 2.57. The highest BCUT2D eigenvalue weighted by atomic mass is 16.5. The van der Waals surface area contributed by atoms with Gasteiger partial charge in [-0.25, -0.2) is 0 Å².